The zero-order chi connectivity index (χ0) is 21.2. The Morgan fingerprint density at radius 1 is 1.18 bits per heavy atom. The van der Waals surface area contributed by atoms with Gasteiger partial charge in [0.15, 0.2) is 0 Å². The zero-order valence-electron chi connectivity index (χ0n) is 15.9. The number of alkyl halides is 3. The lowest BCUT2D eigenvalue weighted by Gasteiger charge is -2.24. The fourth-order valence-corrected chi connectivity index (χ4v) is 2.64. The molecule has 0 aromatic heterocycles. The molecule has 9 heteroatoms. The fourth-order valence-electron chi connectivity index (χ4n) is 2.64. The third kappa shape index (κ3) is 9.18. The molecule has 28 heavy (non-hydrogen) atoms. The first-order valence-electron chi connectivity index (χ1n) is 9.28. The van der Waals surface area contributed by atoms with E-state index in [4.69, 9.17) is 5.73 Å². The van der Waals surface area contributed by atoms with Gasteiger partial charge >= 0.3 is 6.18 Å². The quantitative estimate of drug-likeness (QED) is 0.317. The highest BCUT2D eigenvalue weighted by Gasteiger charge is 2.30. The first-order chi connectivity index (χ1) is 13.1. The predicted molar refractivity (Wildman–Crippen MR) is 99.0 cm³/mol. The predicted octanol–water partition coefficient (Wildman–Crippen LogP) is 2.10. The van der Waals surface area contributed by atoms with Crippen LogP contribution in [0.4, 0.5) is 13.2 Å². The highest BCUT2D eigenvalue weighted by atomic mass is 19.4. The van der Waals surface area contributed by atoms with Gasteiger partial charge in [-0.2, -0.15) is 13.2 Å². The van der Waals surface area contributed by atoms with Crippen LogP contribution in [0.2, 0.25) is 0 Å². The molecule has 2 amide bonds. The maximum atomic E-state index is 12.6. The summed E-state index contributed by atoms with van der Waals surface area (Å²) in [6, 6.07) is 3.86. The molecular formula is C19H28F3N3O3. The van der Waals surface area contributed by atoms with E-state index >= 15 is 0 Å². The van der Waals surface area contributed by atoms with Gasteiger partial charge in [0.25, 0.3) is 0 Å². The molecule has 0 saturated carbocycles. The van der Waals surface area contributed by atoms with Crippen LogP contribution in [0, 0.1) is 0 Å². The van der Waals surface area contributed by atoms with E-state index in [0.29, 0.717) is 24.8 Å². The molecule has 0 heterocycles. The number of nitrogens with one attached hydrogen (secondary N) is 2. The lowest BCUT2D eigenvalue weighted by Crippen LogP contribution is -2.52. The van der Waals surface area contributed by atoms with Crippen molar-refractivity contribution in [2.45, 2.75) is 63.9 Å². The summed E-state index contributed by atoms with van der Waals surface area (Å²) in [7, 11) is 0. The molecule has 5 N–H and O–H groups in total. The minimum atomic E-state index is -4.38. The van der Waals surface area contributed by atoms with Gasteiger partial charge in [0.1, 0.15) is 6.23 Å². The average molecular weight is 403 g/mol. The summed E-state index contributed by atoms with van der Waals surface area (Å²) >= 11 is 0. The molecule has 2 atom stereocenters. The van der Waals surface area contributed by atoms with E-state index in [1.807, 2.05) is 6.92 Å². The molecule has 0 bridgehead atoms. The number of carbonyl (C=O) groups is 2. The topological polar surface area (TPSA) is 104 Å². The number of amides is 2. The van der Waals surface area contributed by atoms with Crippen LogP contribution in [0.1, 0.15) is 50.2 Å². The lowest BCUT2D eigenvalue weighted by molar-refractivity contribution is -0.137. The summed E-state index contributed by atoms with van der Waals surface area (Å²) in [4.78, 5) is 23.1. The van der Waals surface area contributed by atoms with Crippen LogP contribution in [0.5, 0.6) is 0 Å². The number of aliphatic hydroxyl groups is 1. The maximum Gasteiger partial charge on any atom is 0.416 e. The van der Waals surface area contributed by atoms with Crippen LogP contribution in [0.15, 0.2) is 24.3 Å². The van der Waals surface area contributed by atoms with Crippen LogP contribution in [-0.2, 0) is 22.2 Å². The van der Waals surface area contributed by atoms with Crippen LogP contribution in [0.3, 0.4) is 0 Å². The number of carbonyl (C=O) groups excluding carboxylic acids is 2. The van der Waals surface area contributed by atoms with Crippen molar-refractivity contribution < 1.29 is 27.9 Å². The standard InChI is InChI=1S/C19H28F3N3O3/c1-2-3-4-5-17(27)25-15(12-16(23)26)18(28)24-11-10-13-6-8-14(9-7-13)19(20,21)22/h6-9,15,18,24,28H,2-5,10-12H2,1H3,(H2,23,26)(H,25,27)/t15-,18?/m1/s1. The summed E-state index contributed by atoms with van der Waals surface area (Å²) in [5.41, 5.74) is 5.11. The number of aliphatic hydroxyl groups excluding tert-OH is 1. The molecule has 0 radical (unpaired) electrons. The van der Waals surface area contributed by atoms with Gasteiger partial charge in [-0.1, -0.05) is 31.9 Å². The van der Waals surface area contributed by atoms with Crippen LogP contribution >= 0.6 is 0 Å². The molecular weight excluding hydrogens is 375 g/mol. The van der Waals surface area contributed by atoms with Crippen molar-refractivity contribution >= 4 is 11.8 Å². The van der Waals surface area contributed by atoms with E-state index in [-0.39, 0.29) is 18.9 Å². The second kappa shape index (κ2) is 11.7. The van der Waals surface area contributed by atoms with E-state index in [1.165, 1.54) is 12.1 Å². The smallest absolute Gasteiger partial charge is 0.376 e. The second-order valence-corrected chi connectivity index (χ2v) is 6.65. The molecule has 0 aliphatic carbocycles. The largest absolute Gasteiger partial charge is 0.416 e. The van der Waals surface area contributed by atoms with E-state index < -0.39 is 29.9 Å². The molecule has 0 aliphatic rings. The molecule has 0 aliphatic heterocycles. The molecule has 1 unspecified atom stereocenters. The molecule has 0 fully saturated rings. The highest BCUT2D eigenvalue weighted by molar-refractivity contribution is 5.78. The first-order valence-corrected chi connectivity index (χ1v) is 9.28. The van der Waals surface area contributed by atoms with E-state index in [1.54, 1.807) is 0 Å². The van der Waals surface area contributed by atoms with Gasteiger partial charge in [-0.15, -0.1) is 0 Å². The Kier molecular flexibility index (Phi) is 9.95. The first kappa shape index (κ1) is 23.9. The molecule has 0 saturated heterocycles. The summed E-state index contributed by atoms with van der Waals surface area (Å²) < 4.78 is 37.7. The van der Waals surface area contributed by atoms with Crippen LogP contribution in [0.25, 0.3) is 0 Å². The van der Waals surface area contributed by atoms with Crippen molar-refractivity contribution in [3.05, 3.63) is 35.4 Å². The third-order valence-electron chi connectivity index (χ3n) is 4.20. The Bertz CT molecular complexity index is 621. The number of nitrogens with two attached hydrogens (primary N) is 1. The number of hydrogen-bond acceptors (Lipinski definition) is 4. The normalized spacial score (nSPS) is 13.8. The number of rotatable bonds is 12. The number of unbranched alkanes of at least 4 members (excludes halogenated alkanes) is 2. The Balaban J connectivity index is 2.52. The Hall–Kier alpha value is -2.13. The second-order valence-electron chi connectivity index (χ2n) is 6.65. The van der Waals surface area contributed by atoms with Crippen molar-refractivity contribution in [3.8, 4) is 0 Å². The van der Waals surface area contributed by atoms with Crippen molar-refractivity contribution in [3.63, 3.8) is 0 Å². The van der Waals surface area contributed by atoms with Gasteiger partial charge in [0, 0.05) is 13.0 Å². The van der Waals surface area contributed by atoms with Crippen molar-refractivity contribution in [2.24, 2.45) is 5.73 Å². The maximum absolute atomic E-state index is 12.6. The van der Waals surface area contributed by atoms with E-state index in [2.05, 4.69) is 10.6 Å². The SMILES string of the molecule is CCCCCC(=O)N[C@H](CC(N)=O)C(O)NCCc1ccc(C(F)(F)F)cc1. The highest BCUT2D eigenvalue weighted by Crippen LogP contribution is 2.29. The minimum absolute atomic E-state index is 0.228. The number of benzene rings is 1. The molecule has 0 spiro atoms. The van der Waals surface area contributed by atoms with Gasteiger partial charge in [-0.25, -0.2) is 0 Å². The minimum Gasteiger partial charge on any atom is -0.376 e. The monoisotopic (exact) mass is 403 g/mol. The molecule has 1 aromatic rings. The van der Waals surface area contributed by atoms with Gasteiger partial charge in [-0.05, 0) is 30.5 Å². The van der Waals surface area contributed by atoms with Gasteiger partial charge < -0.3 is 16.2 Å². The Morgan fingerprint density at radius 3 is 2.36 bits per heavy atom. The Labute approximate surface area is 162 Å². The van der Waals surface area contributed by atoms with Crippen molar-refractivity contribution in [2.75, 3.05) is 6.54 Å². The zero-order valence-corrected chi connectivity index (χ0v) is 15.9. The summed E-state index contributed by atoms with van der Waals surface area (Å²) in [5, 5.41) is 15.6. The summed E-state index contributed by atoms with van der Waals surface area (Å²) in [6.07, 6.45) is -2.59. The van der Waals surface area contributed by atoms with Crippen LogP contribution in [-0.4, -0.2) is 35.7 Å². The summed E-state index contributed by atoms with van der Waals surface area (Å²) in [5.74, 6) is -0.939. The third-order valence-corrected chi connectivity index (χ3v) is 4.20. The van der Waals surface area contributed by atoms with Crippen molar-refractivity contribution in [1.82, 2.24) is 10.6 Å². The van der Waals surface area contributed by atoms with E-state index in [9.17, 15) is 27.9 Å². The van der Waals surface area contributed by atoms with Gasteiger partial charge in [0.2, 0.25) is 11.8 Å². The number of hydrogen-bond donors (Lipinski definition) is 4. The van der Waals surface area contributed by atoms with Gasteiger partial charge in [0.05, 0.1) is 18.0 Å². The molecule has 1 rings (SSSR count). The van der Waals surface area contributed by atoms with Gasteiger partial charge in [-0.3, -0.25) is 14.9 Å². The van der Waals surface area contributed by atoms with Crippen molar-refractivity contribution in [1.29, 1.82) is 0 Å². The fraction of sp³-hybridized carbons (Fsp3) is 0.579. The van der Waals surface area contributed by atoms with E-state index in [0.717, 1.165) is 25.0 Å². The summed E-state index contributed by atoms with van der Waals surface area (Å²) in [6.45, 7) is 2.26. The average Bonchev–Trinajstić information content (AvgIpc) is 2.60. The number of halogens is 3. The molecule has 6 nitrogen and oxygen atoms in total. The molecule has 158 valence electrons. The molecule has 1 aromatic carbocycles. The van der Waals surface area contributed by atoms with Crippen LogP contribution < -0.4 is 16.4 Å². The lowest BCUT2D eigenvalue weighted by atomic mass is 10.1. The number of primary amides is 1. The Morgan fingerprint density at radius 2 is 1.82 bits per heavy atom.